The number of likely N-dealkylation sites (N-methyl/N-ethyl adjacent to an activating group) is 1. The van der Waals surface area contributed by atoms with Crippen LogP contribution in [0, 0.1) is 26.1 Å². The summed E-state index contributed by atoms with van der Waals surface area (Å²) >= 11 is 0. The molecule has 2 aliphatic heterocycles. The van der Waals surface area contributed by atoms with Crippen LogP contribution in [0.3, 0.4) is 0 Å². The second kappa shape index (κ2) is 15.1. The molecule has 0 radical (unpaired) electrons. The fourth-order valence-electron chi connectivity index (χ4n) is 7.10. The third kappa shape index (κ3) is 6.98. The number of hydrogen-bond acceptors (Lipinski definition) is 17. The van der Waals surface area contributed by atoms with Crippen molar-refractivity contribution < 1.29 is 67.0 Å². The van der Waals surface area contributed by atoms with Gasteiger partial charge in [0.25, 0.3) is 11.7 Å². The third-order valence-electron chi connectivity index (χ3n) is 8.78. The average molecular weight is 730 g/mol. The number of esters is 6. The van der Waals surface area contributed by atoms with Crippen LogP contribution in [0.25, 0.3) is 0 Å². The van der Waals surface area contributed by atoms with E-state index in [-0.39, 0.29) is 16.8 Å². The van der Waals surface area contributed by atoms with Crippen molar-refractivity contribution in [3.63, 3.8) is 0 Å². The highest BCUT2D eigenvalue weighted by Gasteiger charge is 2.85. The smallest absolute Gasteiger partial charge is 0.340 e. The Hall–Kier alpha value is -5.98. The summed E-state index contributed by atoms with van der Waals surface area (Å²) in [5.41, 5.74) is -4.96. The fraction of sp³-hybridized carbons (Fsp3) is 0.455. The number of ether oxygens (including phenoxy) is 6. The quantitative estimate of drug-likeness (QED) is 0.116. The number of fused-ring (bicyclic) bond motifs is 2. The van der Waals surface area contributed by atoms with Crippen LogP contribution in [0.4, 0.5) is 5.69 Å². The summed E-state index contributed by atoms with van der Waals surface area (Å²) in [6.45, 7) is 3.98. The summed E-state index contributed by atoms with van der Waals surface area (Å²) in [7, 11) is 1.33. The predicted molar refractivity (Wildman–Crippen MR) is 170 cm³/mol. The fourth-order valence-corrected chi connectivity index (χ4v) is 7.10. The number of benzene rings is 2. The number of rotatable bonds is 14. The lowest BCUT2D eigenvalue weighted by Gasteiger charge is -2.43. The first kappa shape index (κ1) is 38.8. The number of hydrogen-bond donors (Lipinski definition) is 0. The first-order chi connectivity index (χ1) is 24.4. The van der Waals surface area contributed by atoms with E-state index in [0.717, 1.165) is 46.8 Å². The van der Waals surface area contributed by atoms with Crippen LogP contribution in [-0.2, 0) is 68.5 Å². The highest BCUT2D eigenvalue weighted by molar-refractivity contribution is 5.88. The van der Waals surface area contributed by atoms with Gasteiger partial charge in [-0.3, -0.25) is 44.2 Å². The molecule has 0 aromatic heterocycles. The monoisotopic (exact) mass is 729 g/mol. The highest BCUT2D eigenvalue weighted by Crippen LogP contribution is 2.64. The maximum absolute atomic E-state index is 14.2. The molecule has 2 aliphatic rings. The number of carbonyl (C=O) groups excluding carboxylic acids is 6. The Morgan fingerprint density at radius 2 is 1.31 bits per heavy atom. The molecule has 0 aliphatic carbocycles. The minimum absolute atomic E-state index is 0.0553. The molecule has 4 rings (SSSR count). The number of nitrogens with zero attached hydrogens (tertiary/aromatic N) is 3. The molecule has 0 N–H and O–H groups in total. The number of carbonyl (C=O) groups is 6. The molecule has 19 nitrogen and oxygen atoms in total. The van der Waals surface area contributed by atoms with Gasteiger partial charge in [0.2, 0.25) is 11.3 Å². The van der Waals surface area contributed by atoms with Gasteiger partial charge in [-0.25, -0.2) is 9.69 Å². The van der Waals surface area contributed by atoms with Crippen molar-refractivity contribution in [1.29, 1.82) is 0 Å². The Morgan fingerprint density at radius 3 is 1.79 bits per heavy atom. The summed E-state index contributed by atoms with van der Waals surface area (Å²) in [6, 6.07) is 9.89. The zero-order valence-electron chi connectivity index (χ0n) is 28.7. The van der Waals surface area contributed by atoms with Crippen molar-refractivity contribution in [2.24, 2.45) is 5.92 Å². The van der Waals surface area contributed by atoms with Crippen LogP contribution in [0.2, 0.25) is 0 Å². The topological polar surface area (TPSA) is 247 Å². The van der Waals surface area contributed by atoms with Crippen LogP contribution in [0.15, 0.2) is 54.6 Å². The van der Waals surface area contributed by atoms with E-state index >= 15 is 0 Å². The van der Waals surface area contributed by atoms with Gasteiger partial charge in [0.15, 0.2) is 24.4 Å². The molecule has 0 amide bonds. The molecule has 8 atom stereocenters. The van der Waals surface area contributed by atoms with Gasteiger partial charge < -0.3 is 28.4 Å². The van der Waals surface area contributed by atoms with Crippen molar-refractivity contribution in [2.75, 3.05) is 13.7 Å². The van der Waals surface area contributed by atoms with Gasteiger partial charge in [-0.1, -0.05) is 30.3 Å². The van der Waals surface area contributed by atoms with Gasteiger partial charge in [-0.15, -0.1) is 0 Å². The lowest BCUT2D eigenvalue weighted by Crippen LogP contribution is -2.63. The van der Waals surface area contributed by atoms with Gasteiger partial charge in [-0.05, 0) is 24.7 Å². The van der Waals surface area contributed by atoms with E-state index in [1.807, 2.05) is 0 Å². The van der Waals surface area contributed by atoms with E-state index in [0.29, 0.717) is 0 Å². The molecular weight excluding hydrogens is 694 g/mol. The molecule has 2 heterocycles. The molecule has 19 heteroatoms. The normalized spacial score (nSPS) is 24.3. The molecule has 0 spiro atoms. The zero-order valence-corrected chi connectivity index (χ0v) is 28.7. The molecule has 2 saturated heterocycles. The molecular formula is C33H35N3O16. The van der Waals surface area contributed by atoms with E-state index in [1.54, 1.807) is 6.07 Å². The first-order valence-corrected chi connectivity index (χ1v) is 15.6. The van der Waals surface area contributed by atoms with Gasteiger partial charge in [0, 0.05) is 57.2 Å². The summed E-state index contributed by atoms with van der Waals surface area (Å²) in [5, 5.41) is 25.0. The van der Waals surface area contributed by atoms with Crippen LogP contribution >= 0.6 is 0 Å². The van der Waals surface area contributed by atoms with Crippen molar-refractivity contribution in [3.05, 3.63) is 86.0 Å². The largest absolute Gasteiger partial charge is 0.462 e. The van der Waals surface area contributed by atoms with Crippen LogP contribution in [-0.4, -0.2) is 94.7 Å². The van der Waals surface area contributed by atoms with Crippen molar-refractivity contribution >= 4 is 41.5 Å². The minimum atomic E-state index is -2.31. The average Bonchev–Trinajstić information content (AvgIpc) is 3.43. The number of nitro groups is 2. The first-order valence-electron chi connectivity index (χ1n) is 15.6. The maximum Gasteiger partial charge on any atom is 0.340 e. The Bertz CT molecular complexity index is 1770. The molecule has 0 saturated carbocycles. The second-order valence-electron chi connectivity index (χ2n) is 12.0. The van der Waals surface area contributed by atoms with E-state index < -0.39 is 99.9 Å². The standard InChI is InChI=1S/C33H35N3O16/c1-17(37)47-16-25(48-18(2)38)27(49-19(3)39)29(51-21(5)41)28(50-20(4)40)26-30(36(45)46)32(22-10-8-7-9-11-22)31(42)52-33(26,34(32)6)23-12-14-24(15-13-23)35(43)44/h7-15,25-30H,16H2,1-6H3/t25-,26?,27+,28?,29+,30?,32+,33+/m1/s1. The summed E-state index contributed by atoms with van der Waals surface area (Å²) in [5.74, 6) is -8.09. The molecule has 2 bridgehead atoms. The summed E-state index contributed by atoms with van der Waals surface area (Å²) in [6.07, 6.45) is -7.93. The zero-order chi connectivity index (χ0) is 38.7. The lowest BCUT2D eigenvalue weighted by atomic mass is 9.72. The van der Waals surface area contributed by atoms with E-state index in [9.17, 15) is 49.0 Å². The Labute approximate surface area is 295 Å². The van der Waals surface area contributed by atoms with E-state index in [1.165, 1.54) is 48.3 Å². The van der Waals surface area contributed by atoms with Gasteiger partial charge in [0.05, 0.1) is 4.92 Å². The van der Waals surface area contributed by atoms with Crippen LogP contribution in [0.1, 0.15) is 45.7 Å². The Balaban J connectivity index is 2.12. The summed E-state index contributed by atoms with van der Waals surface area (Å²) < 4.78 is 33.4. The molecule has 278 valence electrons. The minimum Gasteiger partial charge on any atom is -0.462 e. The van der Waals surface area contributed by atoms with E-state index in [2.05, 4.69) is 0 Å². The summed E-state index contributed by atoms with van der Waals surface area (Å²) in [4.78, 5) is 101. The van der Waals surface area contributed by atoms with Crippen molar-refractivity contribution in [1.82, 2.24) is 4.90 Å². The Kier molecular flexibility index (Phi) is 11.3. The number of nitro benzene ring substituents is 1. The Morgan fingerprint density at radius 1 is 0.769 bits per heavy atom. The number of non-ortho nitro benzene ring substituents is 1. The van der Waals surface area contributed by atoms with Gasteiger partial charge in [-0.2, -0.15) is 0 Å². The molecule has 2 aromatic carbocycles. The molecule has 52 heavy (non-hydrogen) atoms. The third-order valence-corrected chi connectivity index (χ3v) is 8.78. The van der Waals surface area contributed by atoms with Gasteiger partial charge >= 0.3 is 35.8 Å². The lowest BCUT2D eigenvalue weighted by molar-refractivity contribution is -0.546. The van der Waals surface area contributed by atoms with E-state index in [4.69, 9.17) is 28.4 Å². The van der Waals surface area contributed by atoms with Crippen LogP contribution in [0.5, 0.6) is 0 Å². The maximum atomic E-state index is 14.2. The molecule has 2 fully saturated rings. The highest BCUT2D eigenvalue weighted by atomic mass is 16.7. The molecule has 2 aromatic rings. The molecule has 3 unspecified atom stereocenters. The second-order valence-corrected chi connectivity index (χ2v) is 12.0. The SMILES string of the molecule is CC(=O)OC[C@@H](OC(C)=O)[C@H](OC(C)=O)[C@H](OC(C)=O)C(OC(C)=O)C1C([N+](=O)[O-])[C@@]2(c3ccccc3)C(=O)O[C@]1(c1ccc([N+](=O)[O-])cc1)N2C. The van der Waals surface area contributed by atoms with Crippen molar-refractivity contribution in [3.8, 4) is 0 Å². The predicted octanol–water partition coefficient (Wildman–Crippen LogP) is 1.70. The van der Waals surface area contributed by atoms with Crippen molar-refractivity contribution in [2.45, 2.75) is 76.3 Å². The van der Waals surface area contributed by atoms with Gasteiger partial charge in [0.1, 0.15) is 12.5 Å². The van der Waals surface area contributed by atoms with Crippen LogP contribution < -0.4 is 0 Å².